The molecule has 0 spiro atoms. The van der Waals surface area contributed by atoms with Gasteiger partial charge in [0.2, 0.25) is 0 Å². The topological polar surface area (TPSA) is 56.4 Å². The van der Waals surface area contributed by atoms with Crippen LogP contribution < -0.4 is 5.32 Å². The van der Waals surface area contributed by atoms with Gasteiger partial charge >= 0.3 is 0 Å². The summed E-state index contributed by atoms with van der Waals surface area (Å²) in [4.78, 5) is 4.65. The van der Waals surface area contributed by atoms with E-state index < -0.39 is 0 Å². The standard InChI is InChI=1S/C14H17N5O/c1-20-10-7-15-11-12-14(19-9-4-6-16-19)17-13-5-2-3-8-18(12)13/h2-6,8-9,15H,7,10-11H2,1H3. The van der Waals surface area contributed by atoms with Crippen molar-refractivity contribution in [1.82, 2.24) is 24.5 Å². The molecule has 0 saturated heterocycles. The Balaban J connectivity index is 1.96. The van der Waals surface area contributed by atoms with E-state index in [0.29, 0.717) is 13.2 Å². The molecule has 0 aliphatic heterocycles. The smallest absolute Gasteiger partial charge is 0.176 e. The molecule has 6 nitrogen and oxygen atoms in total. The minimum atomic E-state index is 0.688. The van der Waals surface area contributed by atoms with Crippen molar-refractivity contribution < 1.29 is 4.74 Å². The van der Waals surface area contributed by atoms with Crippen molar-refractivity contribution in [2.24, 2.45) is 0 Å². The Hall–Kier alpha value is -2.18. The maximum Gasteiger partial charge on any atom is 0.176 e. The van der Waals surface area contributed by atoms with E-state index in [1.807, 2.05) is 36.7 Å². The Morgan fingerprint density at radius 3 is 3.00 bits per heavy atom. The zero-order valence-corrected chi connectivity index (χ0v) is 11.4. The van der Waals surface area contributed by atoms with Gasteiger partial charge in [-0.15, -0.1) is 0 Å². The molecule has 0 unspecified atom stereocenters. The number of nitrogens with zero attached hydrogens (tertiary/aromatic N) is 4. The number of rotatable bonds is 6. The predicted molar refractivity (Wildman–Crippen MR) is 75.9 cm³/mol. The highest BCUT2D eigenvalue weighted by atomic mass is 16.5. The van der Waals surface area contributed by atoms with E-state index in [1.165, 1.54) is 0 Å². The molecule has 0 atom stereocenters. The number of methoxy groups -OCH3 is 1. The normalized spacial score (nSPS) is 11.2. The van der Waals surface area contributed by atoms with Gasteiger partial charge in [0.25, 0.3) is 0 Å². The number of pyridine rings is 1. The molecule has 20 heavy (non-hydrogen) atoms. The molecule has 0 fully saturated rings. The average molecular weight is 271 g/mol. The maximum absolute atomic E-state index is 5.05. The molecule has 0 aliphatic carbocycles. The van der Waals surface area contributed by atoms with Crippen molar-refractivity contribution in [1.29, 1.82) is 0 Å². The highest BCUT2D eigenvalue weighted by Gasteiger charge is 2.13. The molecule has 104 valence electrons. The maximum atomic E-state index is 5.05. The van der Waals surface area contributed by atoms with Crippen molar-refractivity contribution in [2.75, 3.05) is 20.3 Å². The second-order valence-electron chi connectivity index (χ2n) is 4.43. The van der Waals surface area contributed by atoms with Gasteiger partial charge in [-0.05, 0) is 18.2 Å². The predicted octanol–water partition coefficient (Wildman–Crippen LogP) is 1.26. The largest absolute Gasteiger partial charge is 0.383 e. The molecule has 6 heteroatoms. The van der Waals surface area contributed by atoms with Gasteiger partial charge in [-0.1, -0.05) is 6.07 Å². The van der Waals surface area contributed by atoms with E-state index in [4.69, 9.17) is 4.74 Å². The SMILES string of the molecule is COCCNCc1c(-n2cccn2)nc2ccccn12. The highest BCUT2D eigenvalue weighted by molar-refractivity contribution is 5.48. The van der Waals surface area contributed by atoms with E-state index in [0.717, 1.165) is 23.7 Å². The first-order chi connectivity index (χ1) is 9.90. The summed E-state index contributed by atoms with van der Waals surface area (Å²) in [5.74, 6) is 0.853. The van der Waals surface area contributed by atoms with E-state index in [2.05, 4.69) is 19.8 Å². The zero-order valence-electron chi connectivity index (χ0n) is 11.4. The minimum Gasteiger partial charge on any atom is -0.383 e. The quantitative estimate of drug-likeness (QED) is 0.686. The van der Waals surface area contributed by atoms with Crippen LogP contribution in [0.3, 0.4) is 0 Å². The monoisotopic (exact) mass is 271 g/mol. The Morgan fingerprint density at radius 1 is 1.25 bits per heavy atom. The Kier molecular flexibility index (Phi) is 3.76. The third-order valence-electron chi connectivity index (χ3n) is 3.10. The number of ether oxygens (including phenoxy) is 1. The molecular weight excluding hydrogens is 254 g/mol. The van der Waals surface area contributed by atoms with Crippen molar-refractivity contribution >= 4 is 5.65 Å². The minimum absolute atomic E-state index is 0.688. The fraction of sp³-hybridized carbons (Fsp3) is 0.286. The Labute approximate surface area is 117 Å². The Morgan fingerprint density at radius 2 is 2.20 bits per heavy atom. The van der Waals surface area contributed by atoms with Gasteiger partial charge in [0.1, 0.15) is 5.65 Å². The van der Waals surface area contributed by atoms with Gasteiger partial charge in [0, 0.05) is 38.8 Å². The number of hydrogen-bond acceptors (Lipinski definition) is 4. The van der Waals surface area contributed by atoms with E-state index >= 15 is 0 Å². The van der Waals surface area contributed by atoms with Crippen LogP contribution in [0.15, 0.2) is 42.9 Å². The molecule has 3 rings (SSSR count). The lowest BCUT2D eigenvalue weighted by Crippen LogP contribution is -2.20. The molecule has 0 saturated carbocycles. The van der Waals surface area contributed by atoms with Crippen LogP contribution in [0, 0.1) is 0 Å². The fourth-order valence-corrected chi connectivity index (χ4v) is 2.16. The second-order valence-corrected chi connectivity index (χ2v) is 4.43. The van der Waals surface area contributed by atoms with Crippen molar-refractivity contribution in [2.45, 2.75) is 6.54 Å². The third kappa shape index (κ3) is 2.43. The summed E-state index contributed by atoms with van der Waals surface area (Å²) >= 11 is 0. The lowest BCUT2D eigenvalue weighted by Gasteiger charge is -2.06. The van der Waals surface area contributed by atoms with Crippen LogP contribution in [0.2, 0.25) is 0 Å². The number of hydrogen-bond donors (Lipinski definition) is 1. The lowest BCUT2D eigenvalue weighted by molar-refractivity contribution is 0.199. The number of fused-ring (bicyclic) bond motifs is 1. The third-order valence-corrected chi connectivity index (χ3v) is 3.10. The number of aromatic nitrogens is 4. The molecule has 0 amide bonds. The van der Waals surface area contributed by atoms with Crippen LogP contribution in [0.5, 0.6) is 0 Å². The summed E-state index contributed by atoms with van der Waals surface area (Å²) in [7, 11) is 1.70. The summed E-state index contributed by atoms with van der Waals surface area (Å²) in [6.45, 7) is 2.20. The highest BCUT2D eigenvalue weighted by Crippen LogP contribution is 2.15. The van der Waals surface area contributed by atoms with Crippen LogP contribution in [0.4, 0.5) is 0 Å². The average Bonchev–Trinajstić information content (AvgIpc) is 3.11. The van der Waals surface area contributed by atoms with Gasteiger partial charge < -0.3 is 14.5 Å². The summed E-state index contributed by atoms with van der Waals surface area (Å²) in [5.41, 5.74) is 2.00. The molecule has 3 aromatic heterocycles. The fourth-order valence-electron chi connectivity index (χ4n) is 2.16. The van der Waals surface area contributed by atoms with Crippen molar-refractivity contribution in [3.8, 4) is 5.82 Å². The van der Waals surface area contributed by atoms with Gasteiger partial charge in [0.15, 0.2) is 5.82 Å². The van der Waals surface area contributed by atoms with Crippen molar-refractivity contribution in [3.63, 3.8) is 0 Å². The van der Waals surface area contributed by atoms with E-state index in [9.17, 15) is 0 Å². The summed E-state index contributed by atoms with van der Waals surface area (Å²) in [6, 6.07) is 7.87. The molecule has 3 heterocycles. The first kappa shape index (κ1) is 12.8. The van der Waals surface area contributed by atoms with Gasteiger partial charge in [-0.3, -0.25) is 0 Å². The molecule has 0 bridgehead atoms. The first-order valence-electron chi connectivity index (χ1n) is 6.56. The van der Waals surface area contributed by atoms with Crippen LogP contribution in [-0.2, 0) is 11.3 Å². The number of nitrogens with one attached hydrogen (secondary N) is 1. The summed E-state index contributed by atoms with van der Waals surface area (Å²) in [5, 5.41) is 7.63. The Bertz CT molecular complexity index is 674. The molecule has 3 aromatic rings. The van der Waals surface area contributed by atoms with Crippen LogP contribution in [-0.4, -0.2) is 39.4 Å². The molecule has 0 aliphatic rings. The van der Waals surface area contributed by atoms with Crippen molar-refractivity contribution in [3.05, 3.63) is 48.5 Å². The van der Waals surface area contributed by atoms with Gasteiger partial charge in [-0.2, -0.15) is 5.10 Å². The van der Waals surface area contributed by atoms with Crippen LogP contribution in [0.25, 0.3) is 11.5 Å². The second kappa shape index (κ2) is 5.85. The van der Waals surface area contributed by atoms with Crippen LogP contribution in [0.1, 0.15) is 5.69 Å². The summed E-state index contributed by atoms with van der Waals surface area (Å²) < 4.78 is 8.92. The molecule has 1 N–H and O–H groups in total. The first-order valence-corrected chi connectivity index (χ1v) is 6.56. The zero-order chi connectivity index (χ0) is 13.8. The molecule has 0 radical (unpaired) electrons. The number of imidazole rings is 1. The summed E-state index contributed by atoms with van der Waals surface area (Å²) in [6.07, 6.45) is 5.68. The van der Waals surface area contributed by atoms with E-state index in [-0.39, 0.29) is 0 Å². The van der Waals surface area contributed by atoms with Gasteiger partial charge in [-0.25, -0.2) is 9.67 Å². The molecule has 0 aromatic carbocycles. The molecular formula is C14H17N5O. The van der Waals surface area contributed by atoms with Crippen LogP contribution >= 0.6 is 0 Å². The van der Waals surface area contributed by atoms with E-state index in [1.54, 1.807) is 18.0 Å². The van der Waals surface area contributed by atoms with Gasteiger partial charge in [0.05, 0.1) is 12.3 Å². The lowest BCUT2D eigenvalue weighted by atomic mass is 10.4.